The Morgan fingerprint density at radius 1 is 0.977 bits per heavy atom. The first-order valence-electron chi connectivity index (χ1n) is 15.5. The zero-order valence-corrected chi connectivity index (χ0v) is 25.7. The van der Waals surface area contributed by atoms with Crippen molar-refractivity contribution in [1.29, 1.82) is 0 Å². The monoisotopic (exact) mass is 610 g/mol. The quantitative estimate of drug-likeness (QED) is 0.330. The average molecular weight is 611 g/mol. The molecule has 2 N–H and O–H groups in total. The van der Waals surface area contributed by atoms with Crippen LogP contribution >= 0.6 is 0 Å². The van der Waals surface area contributed by atoms with Crippen LogP contribution in [-0.4, -0.2) is 114 Å². The first kappa shape index (κ1) is 31.4. The third-order valence-electron chi connectivity index (χ3n) is 8.54. The Morgan fingerprint density at radius 2 is 1.73 bits per heavy atom. The van der Waals surface area contributed by atoms with Crippen LogP contribution in [0.3, 0.4) is 0 Å². The first-order valence-corrected chi connectivity index (χ1v) is 15.5. The van der Waals surface area contributed by atoms with E-state index in [2.05, 4.69) is 20.4 Å². The predicted octanol–water partition coefficient (Wildman–Crippen LogP) is 1.51. The number of ether oxygens (including phenoxy) is 1. The molecule has 13 nitrogen and oxygen atoms in total. The third-order valence-corrected chi connectivity index (χ3v) is 8.54. The van der Waals surface area contributed by atoms with Crippen LogP contribution in [0.2, 0.25) is 0 Å². The summed E-state index contributed by atoms with van der Waals surface area (Å²) >= 11 is 0. The van der Waals surface area contributed by atoms with E-state index in [1.165, 1.54) is 0 Å². The van der Waals surface area contributed by atoms with Gasteiger partial charge in [-0.1, -0.05) is 6.07 Å². The van der Waals surface area contributed by atoms with Crippen LogP contribution in [0.25, 0.3) is 0 Å². The van der Waals surface area contributed by atoms with E-state index in [1.807, 2.05) is 31.7 Å². The second-order valence-corrected chi connectivity index (χ2v) is 12.9. The van der Waals surface area contributed by atoms with Crippen molar-refractivity contribution in [1.82, 2.24) is 25.3 Å². The standard InChI is InChI=1S/C31H42N6O7/c1-31(2,3)44-30(43)32-20-12-14-36(19-20)25(39)9-4-5-13-34-15-17-35(18-16-34)22-8-6-7-21-26(22)29(42)37(28(21)41)23-10-11-24(38)33-27(23)40/h6-8,20,23H,4-5,9-19H2,1-3H3,(H,32,43)(H,33,38,40)/t20-,23?/m1/s1. The molecule has 1 unspecified atom stereocenters. The molecular formula is C31H42N6O7. The fourth-order valence-electron chi connectivity index (χ4n) is 6.32. The molecule has 4 aliphatic heterocycles. The number of imide groups is 2. The highest BCUT2D eigenvalue weighted by Gasteiger charge is 2.46. The molecule has 2 atom stereocenters. The molecule has 4 aliphatic rings. The van der Waals surface area contributed by atoms with E-state index in [9.17, 15) is 28.8 Å². The summed E-state index contributed by atoms with van der Waals surface area (Å²) < 4.78 is 5.31. The van der Waals surface area contributed by atoms with E-state index in [0.717, 1.165) is 37.4 Å². The van der Waals surface area contributed by atoms with Gasteiger partial charge in [0.1, 0.15) is 11.6 Å². The highest BCUT2D eigenvalue weighted by Crippen LogP contribution is 2.34. The number of anilines is 1. The molecule has 4 heterocycles. The van der Waals surface area contributed by atoms with Gasteiger partial charge in [0.15, 0.2) is 0 Å². The fourth-order valence-corrected chi connectivity index (χ4v) is 6.32. The van der Waals surface area contributed by atoms with Crippen molar-refractivity contribution in [3.8, 4) is 0 Å². The number of amides is 6. The Labute approximate surface area is 257 Å². The summed E-state index contributed by atoms with van der Waals surface area (Å²) in [5.74, 6) is -1.91. The minimum Gasteiger partial charge on any atom is -0.444 e. The third kappa shape index (κ3) is 7.03. The largest absolute Gasteiger partial charge is 0.444 e. The minimum absolute atomic E-state index is 0.0822. The molecule has 13 heteroatoms. The van der Waals surface area contributed by atoms with Crippen molar-refractivity contribution in [2.45, 2.75) is 77.0 Å². The Kier molecular flexibility index (Phi) is 9.23. The van der Waals surface area contributed by atoms with Gasteiger partial charge in [-0.05, 0) is 65.1 Å². The summed E-state index contributed by atoms with van der Waals surface area (Å²) in [4.78, 5) is 82.6. The number of alkyl carbamates (subject to hydrolysis) is 1. The average Bonchev–Trinajstić information content (AvgIpc) is 3.53. The first-order chi connectivity index (χ1) is 20.9. The van der Waals surface area contributed by atoms with Crippen LogP contribution < -0.4 is 15.5 Å². The number of hydrogen-bond donors (Lipinski definition) is 2. The maximum absolute atomic E-state index is 13.4. The molecule has 0 bridgehead atoms. The zero-order chi connectivity index (χ0) is 31.6. The van der Waals surface area contributed by atoms with Crippen molar-refractivity contribution in [2.75, 3.05) is 50.7 Å². The second kappa shape index (κ2) is 12.9. The van der Waals surface area contributed by atoms with Gasteiger partial charge in [0.2, 0.25) is 17.7 Å². The fraction of sp³-hybridized carbons (Fsp3) is 0.613. The number of benzene rings is 1. The van der Waals surface area contributed by atoms with E-state index in [4.69, 9.17) is 4.74 Å². The van der Waals surface area contributed by atoms with Gasteiger partial charge < -0.3 is 19.9 Å². The topological polar surface area (TPSA) is 149 Å². The number of hydrogen-bond acceptors (Lipinski definition) is 9. The lowest BCUT2D eigenvalue weighted by Gasteiger charge is -2.36. The summed E-state index contributed by atoms with van der Waals surface area (Å²) in [5.41, 5.74) is 0.729. The van der Waals surface area contributed by atoms with Gasteiger partial charge in [-0.2, -0.15) is 0 Å². The molecule has 0 radical (unpaired) electrons. The molecule has 0 saturated carbocycles. The van der Waals surface area contributed by atoms with E-state index in [0.29, 0.717) is 50.3 Å². The molecule has 44 heavy (non-hydrogen) atoms. The molecule has 238 valence electrons. The molecule has 0 aromatic heterocycles. The van der Waals surface area contributed by atoms with Gasteiger partial charge in [-0.15, -0.1) is 0 Å². The number of unbranched alkanes of at least 4 members (excludes halogenated alkanes) is 1. The van der Waals surface area contributed by atoms with Gasteiger partial charge in [0.05, 0.1) is 22.9 Å². The smallest absolute Gasteiger partial charge is 0.407 e. The number of piperazine rings is 1. The lowest BCUT2D eigenvalue weighted by Crippen LogP contribution is -2.54. The van der Waals surface area contributed by atoms with E-state index in [-0.39, 0.29) is 30.4 Å². The minimum atomic E-state index is -0.988. The summed E-state index contributed by atoms with van der Waals surface area (Å²) in [7, 11) is 0. The van der Waals surface area contributed by atoms with Crippen molar-refractivity contribution in [3.63, 3.8) is 0 Å². The second-order valence-electron chi connectivity index (χ2n) is 12.9. The molecule has 3 fully saturated rings. The molecule has 6 amide bonds. The van der Waals surface area contributed by atoms with Gasteiger partial charge in [-0.3, -0.25) is 39.1 Å². The number of rotatable bonds is 8. The normalized spacial score (nSPS) is 22.8. The molecule has 5 rings (SSSR count). The summed E-state index contributed by atoms with van der Waals surface area (Å²) in [6.07, 6.45) is 2.59. The van der Waals surface area contributed by atoms with Gasteiger partial charge in [0.25, 0.3) is 11.8 Å². The highest BCUT2D eigenvalue weighted by atomic mass is 16.6. The SMILES string of the molecule is CC(C)(C)OC(=O)N[C@@H]1CCN(C(=O)CCCCN2CCN(c3cccc4c3C(=O)N(C3CCC(=O)NC3=O)C4=O)CC2)C1. The maximum atomic E-state index is 13.4. The van der Waals surface area contributed by atoms with Gasteiger partial charge >= 0.3 is 6.09 Å². The Hall–Kier alpha value is -4.00. The summed E-state index contributed by atoms with van der Waals surface area (Å²) in [6, 6.07) is 4.13. The van der Waals surface area contributed by atoms with Crippen molar-refractivity contribution in [2.24, 2.45) is 0 Å². The van der Waals surface area contributed by atoms with Crippen molar-refractivity contribution in [3.05, 3.63) is 29.3 Å². The van der Waals surface area contributed by atoms with E-state index >= 15 is 0 Å². The number of carbonyl (C=O) groups excluding carboxylic acids is 6. The van der Waals surface area contributed by atoms with Crippen molar-refractivity contribution >= 4 is 41.3 Å². The highest BCUT2D eigenvalue weighted by molar-refractivity contribution is 6.25. The summed E-state index contributed by atoms with van der Waals surface area (Å²) in [6.45, 7) is 10.3. The number of likely N-dealkylation sites (tertiary alicyclic amines) is 1. The van der Waals surface area contributed by atoms with Crippen molar-refractivity contribution < 1.29 is 33.5 Å². The predicted molar refractivity (Wildman–Crippen MR) is 160 cm³/mol. The van der Waals surface area contributed by atoms with Crippen LogP contribution in [-0.2, 0) is 19.1 Å². The van der Waals surface area contributed by atoms with Gasteiger partial charge in [0, 0.05) is 52.1 Å². The number of fused-ring (bicyclic) bond motifs is 1. The summed E-state index contributed by atoms with van der Waals surface area (Å²) in [5, 5.41) is 5.09. The Morgan fingerprint density at radius 3 is 2.43 bits per heavy atom. The van der Waals surface area contributed by atoms with Crippen LogP contribution in [0.15, 0.2) is 18.2 Å². The number of nitrogens with zero attached hydrogens (tertiary/aromatic N) is 4. The Balaban J connectivity index is 1.05. The molecule has 3 saturated heterocycles. The lowest BCUT2D eigenvalue weighted by atomic mass is 10.0. The molecule has 1 aromatic rings. The van der Waals surface area contributed by atoms with Gasteiger partial charge in [-0.25, -0.2) is 4.79 Å². The molecular weight excluding hydrogens is 568 g/mol. The number of piperidine rings is 1. The van der Waals surface area contributed by atoms with E-state index in [1.54, 1.807) is 12.1 Å². The van der Waals surface area contributed by atoms with Crippen LogP contribution in [0.1, 0.15) is 80.0 Å². The van der Waals surface area contributed by atoms with Crippen LogP contribution in [0.5, 0.6) is 0 Å². The van der Waals surface area contributed by atoms with Crippen LogP contribution in [0.4, 0.5) is 10.5 Å². The van der Waals surface area contributed by atoms with E-state index < -0.39 is 41.4 Å². The Bertz CT molecular complexity index is 1330. The number of nitrogens with one attached hydrogen (secondary N) is 2. The maximum Gasteiger partial charge on any atom is 0.407 e. The zero-order valence-electron chi connectivity index (χ0n) is 25.7. The lowest BCUT2D eigenvalue weighted by molar-refractivity contribution is -0.136. The molecule has 0 aliphatic carbocycles. The molecule has 0 spiro atoms. The van der Waals surface area contributed by atoms with Crippen LogP contribution in [0, 0.1) is 0 Å². The molecule has 1 aromatic carbocycles. The number of carbonyl (C=O) groups is 6.